The number of hydrogen-bond acceptors (Lipinski definition) is 12. The summed E-state index contributed by atoms with van der Waals surface area (Å²) in [5.74, 6) is 0.692. The van der Waals surface area contributed by atoms with Gasteiger partial charge in [-0.15, -0.1) is 0 Å². The molecular formula is C56H104O12. The average molecular weight is 969 g/mol. The Morgan fingerprint density at radius 3 is 1.07 bits per heavy atom. The second-order valence-corrected chi connectivity index (χ2v) is 23.0. The van der Waals surface area contributed by atoms with Crippen LogP contribution in [0.2, 0.25) is 0 Å². The number of esters is 4. The highest BCUT2D eigenvalue weighted by Crippen LogP contribution is 2.36. The van der Waals surface area contributed by atoms with Crippen molar-refractivity contribution in [3.8, 4) is 0 Å². The summed E-state index contributed by atoms with van der Waals surface area (Å²) in [6, 6.07) is 0. The lowest BCUT2D eigenvalue weighted by Crippen LogP contribution is -2.29. The van der Waals surface area contributed by atoms with Crippen LogP contribution in [0.25, 0.3) is 0 Å². The van der Waals surface area contributed by atoms with Crippen molar-refractivity contribution < 1.29 is 57.1 Å². The molecule has 0 atom stereocenters. The van der Waals surface area contributed by atoms with Crippen LogP contribution in [-0.4, -0.2) is 77.0 Å². The van der Waals surface area contributed by atoms with Gasteiger partial charge in [-0.1, -0.05) is 112 Å². The predicted molar refractivity (Wildman–Crippen MR) is 270 cm³/mol. The molecular weight excluding hydrogens is 865 g/mol. The van der Waals surface area contributed by atoms with Crippen molar-refractivity contribution in [2.45, 2.75) is 250 Å². The molecule has 400 valence electrons. The Balaban J connectivity index is 0.000000454. The van der Waals surface area contributed by atoms with Gasteiger partial charge in [-0.05, 0) is 150 Å². The molecule has 0 heterocycles. The summed E-state index contributed by atoms with van der Waals surface area (Å²) >= 11 is 0. The van der Waals surface area contributed by atoms with E-state index in [1.165, 1.54) is 116 Å². The molecule has 0 aromatic carbocycles. The Morgan fingerprint density at radius 1 is 0.412 bits per heavy atom. The van der Waals surface area contributed by atoms with Gasteiger partial charge in [-0.2, -0.15) is 0 Å². The predicted octanol–water partition coefficient (Wildman–Crippen LogP) is 14.2. The highest BCUT2D eigenvalue weighted by Gasteiger charge is 2.31. The lowest BCUT2D eigenvalue weighted by Gasteiger charge is -2.33. The number of carbonyl (C=O) groups is 4. The van der Waals surface area contributed by atoms with Crippen LogP contribution >= 0.6 is 0 Å². The largest absolute Gasteiger partial charge is 0.438 e. The SMILES string of the molecule is CCC(C)(C)C(=O)OCOC1CCCCCC1.CCC(C)(C)C(=O)OCOCC1(C)CCCCC1.CCC(C)(C)C(=O)OCOCC1CCCC1.CCC(C)(C)C(=O)OCOCC1CCCCC1. The second-order valence-electron chi connectivity index (χ2n) is 23.0. The Kier molecular flexibility index (Phi) is 32.0. The number of carbonyl (C=O) groups excluding carboxylic acids is 4. The monoisotopic (exact) mass is 969 g/mol. The summed E-state index contributed by atoms with van der Waals surface area (Å²) in [6.45, 7) is 28.0. The van der Waals surface area contributed by atoms with Gasteiger partial charge in [0.25, 0.3) is 0 Å². The molecule has 0 spiro atoms. The molecule has 0 N–H and O–H groups in total. The molecule has 0 bridgehead atoms. The molecule has 12 heteroatoms. The van der Waals surface area contributed by atoms with Gasteiger partial charge in [0.05, 0.1) is 47.6 Å². The normalized spacial score (nSPS) is 18.5. The first-order valence-corrected chi connectivity index (χ1v) is 27.1. The van der Waals surface area contributed by atoms with Crippen molar-refractivity contribution in [3.05, 3.63) is 0 Å². The second kappa shape index (κ2) is 34.2. The molecule has 12 nitrogen and oxygen atoms in total. The van der Waals surface area contributed by atoms with E-state index in [1.54, 1.807) is 0 Å². The molecule has 4 aliphatic carbocycles. The lowest BCUT2D eigenvalue weighted by molar-refractivity contribution is -0.172. The smallest absolute Gasteiger partial charge is 0.313 e. The van der Waals surface area contributed by atoms with E-state index >= 15 is 0 Å². The summed E-state index contributed by atoms with van der Waals surface area (Å²) in [7, 11) is 0. The minimum Gasteiger partial charge on any atom is -0.438 e. The summed E-state index contributed by atoms with van der Waals surface area (Å²) in [4.78, 5) is 46.7. The number of ether oxygens (including phenoxy) is 8. The van der Waals surface area contributed by atoms with Gasteiger partial charge in [-0.25, -0.2) is 0 Å². The Morgan fingerprint density at radius 2 is 0.706 bits per heavy atom. The maximum Gasteiger partial charge on any atom is 0.313 e. The molecule has 0 saturated heterocycles. The first-order chi connectivity index (χ1) is 32.1. The molecule has 0 aromatic heterocycles. The third-order valence-electron chi connectivity index (χ3n) is 15.3. The van der Waals surface area contributed by atoms with E-state index in [9.17, 15) is 19.2 Å². The van der Waals surface area contributed by atoms with E-state index in [0.29, 0.717) is 18.4 Å². The minimum absolute atomic E-state index is 0.0951. The zero-order valence-corrected chi connectivity index (χ0v) is 46.1. The van der Waals surface area contributed by atoms with E-state index in [2.05, 4.69) is 6.92 Å². The molecule has 0 radical (unpaired) electrons. The van der Waals surface area contributed by atoms with Crippen molar-refractivity contribution >= 4 is 23.9 Å². The fourth-order valence-corrected chi connectivity index (χ4v) is 8.03. The van der Waals surface area contributed by atoms with E-state index in [-0.39, 0.29) is 62.6 Å². The number of hydrogen-bond donors (Lipinski definition) is 0. The van der Waals surface area contributed by atoms with Crippen LogP contribution in [0.5, 0.6) is 0 Å². The van der Waals surface area contributed by atoms with Gasteiger partial charge in [0.1, 0.15) is 0 Å². The third kappa shape index (κ3) is 27.4. The molecule has 4 rings (SSSR count). The Hall–Kier alpha value is -2.28. The standard InChI is InChI=1S/C15H28O3.2C14H26O3.C13H24O3/c1-5-14(2,3)13(16)18-12-17-11-15(4)9-7-6-8-10-15;1-4-14(2,3)13(15)17-11-16-10-12-8-6-5-7-9-12;1-4-14(2,3)13(15)17-11-16-12-9-7-5-6-8-10-12;1-4-13(2,3)12(14)16-10-15-9-11-7-5-6-8-11/h5-12H2,1-4H3;2*12H,4-11H2,1-3H3;11H,4-10H2,1-3H3. The van der Waals surface area contributed by atoms with Crippen LogP contribution in [0, 0.1) is 38.9 Å². The zero-order valence-electron chi connectivity index (χ0n) is 46.1. The maximum absolute atomic E-state index is 11.7. The minimum atomic E-state index is -0.405. The molecule has 68 heavy (non-hydrogen) atoms. The average Bonchev–Trinajstić information content (AvgIpc) is 3.72. The van der Waals surface area contributed by atoms with Gasteiger partial charge >= 0.3 is 23.9 Å². The lowest BCUT2D eigenvalue weighted by atomic mass is 9.76. The zero-order chi connectivity index (χ0) is 51.1. The quantitative estimate of drug-likeness (QED) is 0.0316. The first-order valence-electron chi connectivity index (χ1n) is 27.1. The molecule has 4 aliphatic rings. The van der Waals surface area contributed by atoms with Gasteiger partial charge in [0.15, 0.2) is 27.2 Å². The number of rotatable bonds is 23. The maximum atomic E-state index is 11.7. The molecule has 0 aliphatic heterocycles. The fraction of sp³-hybridized carbons (Fsp3) is 0.929. The van der Waals surface area contributed by atoms with Crippen molar-refractivity contribution in [1.29, 1.82) is 0 Å². The molecule has 4 saturated carbocycles. The van der Waals surface area contributed by atoms with Crippen molar-refractivity contribution in [1.82, 2.24) is 0 Å². The van der Waals surface area contributed by atoms with Crippen LogP contribution in [0.1, 0.15) is 244 Å². The Bertz CT molecular complexity index is 1350. The molecule has 0 amide bonds. The van der Waals surface area contributed by atoms with Crippen molar-refractivity contribution in [3.63, 3.8) is 0 Å². The third-order valence-corrected chi connectivity index (χ3v) is 15.3. The first kappa shape index (κ1) is 63.7. The van der Waals surface area contributed by atoms with E-state index < -0.39 is 21.7 Å². The van der Waals surface area contributed by atoms with Gasteiger partial charge in [-0.3, -0.25) is 19.2 Å². The van der Waals surface area contributed by atoms with Crippen LogP contribution in [0.15, 0.2) is 0 Å². The van der Waals surface area contributed by atoms with Crippen LogP contribution in [0.4, 0.5) is 0 Å². The van der Waals surface area contributed by atoms with Crippen molar-refractivity contribution in [2.75, 3.05) is 47.0 Å². The fourth-order valence-electron chi connectivity index (χ4n) is 8.03. The van der Waals surface area contributed by atoms with Gasteiger partial charge in [0.2, 0.25) is 0 Å². The topological polar surface area (TPSA) is 142 Å². The van der Waals surface area contributed by atoms with Crippen LogP contribution < -0.4 is 0 Å². The Labute approximate surface area is 415 Å². The van der Waals surface area contributed by atoms with Crippen molar-refractivity contribution in [2.24, 2.45) is 38.9 Å². The molecule has 4 fully saturated rings. The van der Waals surface area contributed by atoms with Crippen LogP contribution in [-0.2, 0) is 57.1 Å². The summed E-state index contributed by atoms with van der Waals surface area (Å²) < 4.78 is 42.6. The summed E-state index contributed by atoms with van der Waals surface area (Å²) in [6.07, 6.45) is 28.8. The van der Waals surface area contributed by atoms with E-state index in [4.69, 9.17) is 37.9 Å². The molecule has 0 aromatic rings. The van der Waals surface area contributed by atoms with Crippen LogP contribution in [0.3, 0.4) is 0 Å². The van der Waals surface area contributed by atoms with Gasteiger partial charge in [0, 0.05) is 0 Å². The molecule has 0 unspecified atom stereocenters. The summed E-state index contributed by atoms with van der Waals surface area (Å²) in [5.41, 5.74) is -1.30. The van der Waals surface area contributed by atoms with E-state index in [0.717, 1.165) is 51.7 Å². The summed E-state index contributed by atoms with van der Waals surface area (Å²) in [5, 5.41) is 0. The highest BCUT2D eigenvalue weighted by molar-refractivity contribution is 5.76. The van der Waals surface area contributed by atoms with E-state index in [1.807, 2.05) is 83.1 Å². The van der Waals surface area contributed by atoms with Gasteiger partial charge < -0.3 is 37.9 Å². The highest BCUT2D eigenvalue weighted by atomic mass is 16.7.